The van der Waals surface area contributed by atoms with Crippen molar-refractivity contribution >= 4 is 26.0 Å². The fourth-order valence-electron chi connectivity index (χ4n) is 1.79. The third-order valence-electron chi connectivity index (χ3n) is 2.83. The van der Waals surface area contributed by atoms with E-state index < -0.39 is 26.7 Å². The average molecular weight is 388 g/mol. The van der Waals surface area contributed by atoms with Gasteiger partial charge in [-0.05, 0) is 25.0 Å². The van der Waals surface area contributed by atoms with E-state index in [9.17, 15) is 21.6 Å². The maximum Gasteiger partial charge on any atom is 0.417 e. The average Bonchev–Trinajstić information content (AvgIpc) is 2.42. The highest BCUT2D eigenvalue weighted by Crippen LogP contribution is 2.33. The molecule has 0 saturated carbocycles. The van der Waals surface area contributed by atoms with E-state index in [0.717, 1.165) is 36.7 Å². The summed E-state index contributed by atoms with van der Waals surface area (Å²) in [4.78, 5) is -0.724. The van der Waals surface area contributed by atoms with Gasteiger partial charge in [0, 0.05) is 11.9 Å². The van der Waals surface area contributed by atoms with Gasteiger partial charge in [0.1, 0.15) is 0 Å². The van der Waals surface area contributed by atoms with Gasteiger partial charge in [0.15, 0.2) is 0 Å². The monoisotopic (exact) mass is 387 g/mol. The molecule has 0 spiro atoms. The van der Waals surface area contributed by atoms with E-state index in [4.69, 9.17) is 0 Å². The van der Waals surface area contributed by atoms with Gasteiger partial charge in [-0.1, -0.05) is 40.9 Å². The molecule has 120 valence electrons. The highest BCUT2D eigenvalue weighted by molar-refractivity contribution is 9.09. The Bertz CT molecular complexity index is 547. The lowest BCUT2D eigenvalue weighted by Crippen LogP contribution is -2.27. The Morgan fingerprint density at radius 3 is 2.29 bits per heavy atom. The topological polar surface area (TPSA) is 46.2 Å². The molecule has 1 aromatic rings. The van der Waals surface area contributed by atoms with Crippen LogP contribution in [0.1, 0.15) is 31.2 Å². The molecule has 0 aliphatic carbocycles. The normalized spacial score (nSPS) is 12.6. The number of unbranched alkanes of at least 4 members (excludes halogenated alkanes) is 3. The summed E-state index contributed by atoms with van der Waals surface area (Å²) in [6, 6.07) is 4.18. The molecule has 0 bridgehead atoms. The van der Waals surface area contributed by atoms with Crippen molar-refractivity contribution in [1.29, 1.82) is 0 Å². The summed E-state index contributed by atoms with van der Waals surface area (Å²) in [5.41, 5.74) is -1.14. The van der Waals surface area contributed by atoms with E-state index in [1.165, 1.54) is 12.1 Å². The van der Waals surface area contributed by atoms with E-state index in [2.05, 4.69) is 20.7 Å². The Morgan fingerprint density at radius 1 is 1.05 bits per heavy atom. The largest absolute Gasteiger partial charge is 0.417 e. The molecule has 0 fully saturated rings. The maximum atomic E-state index is 12.8. The lowest BCUT2D eigenvalue weighted by Gasteiger charge is -2.13. The quantitative estimate of drug-likeness (QED) is 0.542. The summed E-state index contributed by atoms with van der Waals surface area (Å²) < 4.78 is 64.6. The first-order chi connectivity index (χ1) is 9.79. The summed E-state index contributed by atoms with van der Waals surface area (Å²) in [5, 5.41) is 0.887. The summed E-state index contributed by atoms with van der Waals surface area (Å²) in [6.07, 6.45) is -1.33. The van der Waals surface area contributed by atoms with Crippen molar-refractivity contribution in [2.24, 2.45) is 0 Å². The molecule has 1 rings (SSSR count). The highest BCUT2D eigenvalue weighted by atomic mass is 79.9. The van der Waals surface area contributed by atoms with Crippen molar-refractivity contribution in [3.8, 4) is 0 Å². The van der Waals surface area contributed by atoms with Crippen LogP contribution in [-0.4, -0.2) is 20.3 Å². The van der Waals surface area contributed by atoms with Gasteiger partial charge in [-0.15, -0.1) is 0 Å². The van der Waals surface area contributed by atoms with Gasteiger partial charge in [-0.2, -0.15) is 13.2 Å². The Kier molecular flexibility index (Phi) is 7.15. The molecular formula is C13H17BrF3NO2S. The molecule has 0 unspecified atom stereocenters. The molecule has 1 N–H and O–H groups in total. The predicted molar refractivity (Wildman–Crippen MR) is 78.9 cm³/mol. The number of halogens is 4. The zero-order valence-corrected chi connectivity index (χ0v) is 13.7. The molecular weight excluding hydrogens is 371 g/mol. The van der Waals surface area contributed by atoms with Crippen LogP contribution in [0.25, 0.3) is 0 Å². The number of hydrogen-bond donors (Lipinski definition) is 1. The second-order valence-corrected chi connectivity index (χ2v) is 7.02. The van der Waals surface area contributed by atoms with Crippen LogP contribution < -0.4 is 4.72 Å². The van der Waals surface area contributed by atoms with Crippen LogP contribution in [0.3, 0.4) is 0 Å². The summed E-state index contributed by atoms with van der Waals surface area (Å²) in [5.74, 6) is 0. The maximum absolute atomic E-state index is 12.8. The van der Waals surface area contributed by atoms with E-state index in [1.807, 2.05) is 0 Å². The van der Waals surface area contributed by atoms with Crippen molar-refractivity contribution in [3.63, 3.8) is 0 Å². The molecule has 0 amide bonds. The minimum absolute atomic E-state index is 0.136. The number of hydrogen-bond acceptors (Lipinski definition) is 2. The van der Waals surface area contributed by atoms with E-state index >= 15 is 0 Å². The van der Waals surface area contributed by atoms with Crippen LogP contribution in [0.2, 0.25) is 0 Å². The first-order valence-electron chi connectivity index (χ1n) is 6.51. The zero-order valence-electron chi connectivity index (χ0n) is 11.3. The number of alkyl halides is 4. The van der Waals surface area contributed by atoms with Gasteiger partial charge in [0.05, 0.1) is 10.5 Å². The van der Waals surface area contributed by atoms with E-state index in [1.54, 1.807) is 0 Å². The van der Waals surface area contributed by atoms with Crippen molar-refractivity contribution in [1.82, 2.24) is 4.72 Å². The van der Waals surface area contributed by atoms with E-state index in [-0.39, 0.29) is 6.54 Å². The molecule has 1 aromatic carbocycles. The van der Waals surface area contributed by atoms with Crippen LogP contribution >= 0.6 is 15.9 Å². The second-order valence-electron chi connectivity index (χ2n) is 4.49. The van der Waals surface area contributed by atoms with Crippen LogP contribution in [0.4, 0.5) is 13.2 Å². The molecule has 21 heavy (non-hydrogen) atoms. The number of rotatable bonds is 8. The van der Waals surface area contributed by atoms with Gasteiger partial charge < -0.3 is 0 Å². The molecule has 0 aliphatic rings. The van der Waals surface area contributed by atoms with Gasteiger partial charge in [0.2, 0.25) is 10.0 Å². The van der Waals surface area contributed by atoms with Crippen LogP contribution in [0, 0.1) is 0 Å². The number of benzene rings is 1. The Balaban J connectivity index is 2.71. The Labute approximate surface area is 131 Å². The van der Waals surface area contributed by atoms with Gasteiger partial charge in [-0.3, -0.25) is 0 Å². The molecule has 0 aliphatic heterocycles. The molecule has 0 atom stereocenters. The lowest BCUT2D eigenvalue weighted by molar-refractivity contribution is -0.139. The van der Waals surface area contributed by atoms with Gasteiger partial charge in [-0.25, -0.2) is 13.1 Å². The van der Waals surface area contributed by atoms with Crippen molar-refractivity contribution in [2.75, 3.05) is 11.9 Å². The second kappa shape index (κ2) is 8.14. The number of sulfonamides is 1. The minimum Gasteiger partial charge on any atom is -0.211 e. The summed E-state index contributed by atoms with van der Waals surface area (Å²) >= 11 is 3.29. The molecule has 0 saturated heterocycles. The van der Waals surface area contributed by atoms with Crippen LogP contribution in [0.5, 0.6) is 0 Å². The van der Waals surface area contributed by atoms with Crippen molar-refractivity contribution in [2.45, 2.75) is 36.8 Å². The molecule has 0 heterocycles. The summed E-state index contributed by atoms with van der Waals surface area (Å²) in [6.45, 7) is 0.136. The molecule has 0 radical (unpaired) electrons. The summed E-state index contributed by atoms with van der Waals surface area (Å²) in [7, 11) is -4.15. The highest BCUT2D eigenvalue weighted by Gasteiger charge is 2.36. The SMILES string of the molecule is O=S(=O)(NCCCCCCBr)c1ccccc1C(F)(F)F. The Morgan fingerprint density at radius 2 is 1.67 bits per heavy atom. The first kappa shape index (κ1) is 18.4. The standard InChI is InChI=1S/C13H17BrF3NO2S/c14-9-5-1-2-6-10-18-21(19,20)12-8-4-3-7-11(12)13(15,16)17/h3-4,7-8,18H,1-2,5-6,9-10H2. The van der Waals surface area contributed by atoms with Gasteiger partial charge in [0.25, 0.3) is 0 Å². The predicted octanol–water partition coefficient (Wildman–Crippen LogP) is 3.94. The first-order valence-corrected chi connectivity index (χ1v) is 9.11. The lowest BCUT2D eigenvalue weighted by atomic mass is 10.2. The van der Waals surface area contributed by atoms with Crippen molar-refractivity contribution in [3.05, 3.63) is 29.8 Å². The molecule has 0 aromatic heterocycles. The zero-order chi connectivity index (χ0) is 15.9. The minimum atomic E-state index is -4.69. The third-order valence-corrected chi connectivity index (χ3v) is 4.91. The van der Waals surface area contributed by atoms with E-state index in [0.29, 0.717) is 6.42 Å². The smallest absolute Gasteiger partial charge is 0.211 e. The third kappa shape index (κ3) is 5.96. The molecule has 3 nitrogen and oxygen atoms in total. The van der Waals surface area contributed by atoms with Crippen molar-refractivity contribution < 1.29 is 21.6 Å². The fourth-order valence-corrected chi connectivity index (χ4v) is 3.49. The fraction of sp³-hybridized carbons (Fsp3) is 0.538. The molecule has 8 heteroatoms. The van der Waals surface area contributed by atoms with Crippen LogP contribution in [0.15, 0.2) is 29.2 Å². The van der Waals surface area contributed by atoms with Crippen LogP contribution in [-0.2, 0) is 16.2 Å². The Hall–Kier alpha value is -0.600. The number of nitrogens with one attached hydrogen (secondary N) is 1. The van der Waals surface area contributed by atoms with Gasteiger partial charge >= 0.3 is 6.18 Å².